The van der Waals surface area contributed by atoms with Gasteiger partial charge in [-0.15, -0.1) is 0 Å². The molecule has 0 atom stereocenters. The normalized spacial score (nSPS) is 20.2. The van der Waals surface area contributed by atoms with Crippen LogP contribution in [-0.2, 0) is 0 Å². The molecule has 1 heterocycles. The molecule has 0 aliphatic rings. The summed E-state index contributed by atoms with van der Waals surface area (Å²) in [6, 6.07) is -29.4. The van der Waals surface area contributed by atoms with Crippen molar-refractivity contribution in [1.82, 2.24) is 0 Å². The Bertz CT molecular complexity index is 4840. The number of hydrogen-bond acceptors (Lipinski definition) is 1. The number of furan rings is 1. The van der Waals surface area contributed by atoms with Crippen molar-refractivity contribution in [2.45, 2.75) is 0 Å². The van der Waals surface area contributed by atoms with Gasteiger partial charge in [-0.05, 0) is 106 Å². The minimum absolute atomic E-state index is 0.517. The molecule has 0 saturated heterocycles. The number of benzene rings is 10. The second-order valence-electron chi connectivity index (χ2n) is 11.3. The molecule has 10 aromatic carbocycles. The summed E-state index contributed by atoms with van der Waals surface area (Å²) in [5.41, 5.74) is -6.47. The smallest absolute Gasteiger partial charge is 0.143 e. The summed E-state index contributed by atoms with van der Waals surface area (Å²) in [7, 11) is 0. The third-order valence-corrected chi connectivity index (χ3v) is 8.62. The maximum absolute atomic E-state index is 10.3. The van der Waals surface area contributed by atoms with Gasteiger partial charge in [0.05, 0.1) is 41.1 Å². The van der Waals surface area contributed by atoms with Gasteiger partial charge in [0.1, 0.15) is 11.2 Å². The van der Waals surface area contributed by atoms with E-state index in [1.54, 1.807) is 0 Å². The topological polar surface area (TPSA) is 13.1 Å². The molecular formula is C50H30O. The van der Waals surface area contributed by atoms with E-state index in [0.29, 0.717) is 0 Å². The molecule has 0 N–H and O–H groups in total. The van der Waals surface area contributed by atoms with Crippen molar-refractivity contribution in [2.75, 3.05) is 0 Å². The molecule has 0 spiro atoms. The minimum Gasteiger partial charge on any atom is -0.455 e. The largest absolute Gasteiger partial charge is 0.455 e. The van der Waals surface area contributed by atoms with Gasteiger partial charge in [0.2, 0.25) is 0 Å². The van der Waals surface area contributed by atoms with Crippen LogP contribution < -0.4 is 0 Å². The molecule has 0 aliphatic carbocycles. The van der Waals surface area contributed by atoms with E-state index in [1.807, 2.05) is 0 Å². The van der Waals surface area contributed by atoms with Crippen molar-refractivity contribution >= 4 is 75.8 Å². The molecule has 11 aromatic rings. The van der Waals surface area contributed by atoms with E-state index < -0.39 is 290 Å². The summed E-state index contributed by atoms with van der Waals surface area (Å²) in [6.45, 7) is 0. The molecule has 0 saturated carbocycles. The summed E-state index contributed by atoms with van der Waals surface area (Å²) in [5, 5.41) is -8.62. The predicted molar refractivity (Wildman–Crippen MR) is 218 cm³/mol. The second-order valence-corrected chi connectivity index (χ2v) is 11.3. The van der Waals surface area contributed by atoms with Gasteiger partial charge >= 0.3 is 0 Å². The fourth-order valence-electron chi connectivity index (χ4n) is 6.53. The van der Waals surface area contributed by atoms with Gasteiger partial charge < -0.3 is 4.42 Å². The standard InChI is InChI=1S/C50H30O/c1-2-16-34-30-45(44(29-33(34)15-1)42-25-12-26-46-49(42)43-28-27-32-14-4-6-19-36(32)50(43)51-46)48-40-22-9-7-20-38(40)47(39-21-8-10-23-41(39)48)37-24-11-17-31-13-3-5-18-35(31)37/h1-30H/i1D,2D,3D,4D,5D,6D,7D,8D,9D,10D,11D,12D,13D,14D,15D,16D,17D,18D,19D,20D,21D,22D,23D,24D,25D,26D,27D,28D,29D,30D. The fourth-order valence-corrected chi connectivity index (χ4v) is 6.53. The first kappa shape index (κ1) is 11.7. The third kappa shape index (κ3) is 4.16. The van der Waals surface area contributed by atoms with Crippen LogP contribution in [0.2, 0.25) is 0 Å². The van der Waals surface area contributed by atoms with Crippen molar-refractivity contribution in [3.05, 3.63) is 181 Å². The molecule has 0 amide bonds. The van der Waals surface area contributed by atoms with Gasteiger partial charge in [0.25, 0.3) is 0 Å². The lowest BCUT2D eigenvalue weighted by Gasteiger charge is -2.21. The van der Waals surface area contributed by atoms with Gasteiger partial charge in [0, 0.05) is 16.2 Å². The molecule has 51 heavy (non-hydrogen) atoms. The molecule has 1 heteroatoms. The quantitative estimate of drug-likeness (QED) is 0.170. The minimum atomic E-state index is -1.11. The lowest BCUT2D eigenvalue weighted by Crippen LogP contribution is -1.94. The summed E-state index contributed by atoms with van der Waals surface area (Å²) >= 11 is 0. The van der Waals surface area contributed by atoms with E-state index in [2.05, 4.69) is 0 Å². The molecular weight excluding hydrogens is 617 g/mol. The first-order chi connectivity index (χ1) is 37.8. The molecule has 0 radical (unpaired) electrons. The number of fused-ring (bicyclic) bond motifs is 9. The Balaban J connectivity index is 1.54. The number of rotatable bonds is 3. The summed E-state index contributed by atoms with van der Waals surface area (Å²) in [4.78, 5) is 0. The van der Waals surface area contributed by atoms with Crippen LogP contribution in [0.4, 0.5) is 0 Å². The summed E-state index contributed by atoms with van der Waals surface area (Å²) in [6.07, 6.45) is 0. The molecule has 0 bridgehead atoms. The molecule has 1 aromatic heterocycles. The zero-order chi connectivity index (χ0) is 59.6. The van der Waals surface area contributed by atoms with E-state index in [-0.39, 0.29) is 0 Å². The highest BCUT2D eigenvalue weighted by atomic mass is 16.3. The SMILES string of the molecule is [2H]c1c([2H])c(-c2c(-c3c4c([2H])c([2H])c([2H])c([2H])c4c(-c4c([2H])c([2H])c([2H])c5c([2H])c([2H])c([2H])c([2H])c45)c4c([2H])c([2H])c([2H])c([2H])c34)c([2H])c3c([2H])c([2H])c([2H])c([2H])c3c2[2H])c2c(oc3c4c([2H])c([2H])c([2H])c([2H])c4c([2H])c([2H])c32)c1[2H]. The predicted octanol–water partition coefficient (Wildman–Crippen LogP) is 14.4. The fraction of sp³-hybridized carbons (Fsp3) is 0. The molecule has 0 aliphatic heterocycles. The van der Waals surface area contributed by atoms with Gasteiger partial charge in [-0.2, -0.15) is 0 Å². The Morgan fingerprint density at radius 3 is 1.45 bits per heavy atom. The van der Waals surface area contributed by atoms with Crippen molar-refractivity contribution in [3.8, 4) is 33.4 Å². The Morgan fingerprint density at radius 1 is 0.314 bits per heavy atom. The van der Waals surface area contributed by atoms with E-state index in [4.69, 9.17) is 29.1 Å². The summed E-state index contributed by atoms with van der Waals surface area (Å²) in [5.74, 6) is 0. The zero-order valence-corrected chi connectivity index (χ0v) is 25.4. The van der Waals surface area contributed by atoms with Crippen LogP contribution in [0.3, 0.4) is 0 Å². The number of hydrogen-bond donors (Lipinski definition) is 0. The van der Waals surface area contributed by atoms with Gasteiger partial charge in [-0.3, -0.25) is 0 Å². The highest BCUT2D eigenvalue weighted by Crippen LogP contribution is 2.49. The van der Waals surface area contributed by atoms with Crippen molar-refractivity contribution in [2.24, 2.45) is 0 Å². The van der Waals surface area contributed by atoms with Gasteiger partial charge in [-0.1, -0.05) is 157 Å². The van der Waals surface area contributed by atoms with Crippen molar-refractivity contribution < 1.29 is 45.5 Å². The molecule has 11 rings (SSSR count). The van der Waals surface area contributed by atoms with Crippen LogP contribution in [0.25, 0.3) is 109 Å². The van der Waals surface area contributed by atoms with Crippen LogP contribution in [0, 0.1) is 0 Å². The van der Waals surface area contributed by atoms with E-state index in [9.17, 15) is 16.4 Å². The van der Waals surface area contributed by atoms with Crippen LogP contribution >= 0.6 is 0 Å². The van der Waals surface area contributed by atoms with Crippen LogP contribution in [-0.4, -0.2) is 0 Å². The monoisotopic (exact) mass is 676 g/mol. The maximum Gasteiger partial charge on any atom is 0.143 e. The van der Waals surface area contributed by atoms with Crippen molar-refractivity contribution in [3.63, 3.8) is 0 Å². The lowest BCUT2D eigenvalue weighted by molar-refractivity contribution is 0.673. The van der Waals surface area contributed by atoms with E-state index in [1.165, 1.54) is 0 Å². The summed E-state index contributed by atoms with van der Waals surface area (Å²) < 4.78 is 281. The Kier molecular flexibility index (Phi) is 2.50. The average Bonchev–Trinajstić information content (AvgIpc) is 2.41. The van der Waals surface area contributed by atoms with Crippen LogP contribution in [0.1, 0.15) is 41.1 Å². The Labute approximate surface area is 336 Å². The van der Waals surface area contributed by atoms with Crippen molar-refractivity contribution in [1.29, 1.82) is 0 Å². The molecule has 0 fully saturated rings. The molecule has 236 valence electrons. The molecule has 0 unspecified atom stereocenters. The second kappa shape index (κ2) is 10.9. The maximum atomic E-state index is 10.3. The molecule has 1 nitrogen and oxygen atoms in total. The Morgan fingerprint density at radius 2 is 0.784 bits per heavy atom. The van der Waals surface area contributed by atoms with Crippen LogP contribution in [0.15, 0.2) is 186 Å². The highest BCUT2D eigenvalue weighted by molar-refractivity contribution is 6.26. The zero-order valence-electron chi connectivity index (χ0n) is 55.4. The highest BCUT2D eigenvalue weighted by Gasteiger charge is 2.22. The first-order valence-electron chi connectivity index (χ1n) is 30.2. The first-order valence-corrected chi connectivity index (χ1v) is 15.2. The van der Waals surface area contributed by atoms with Crippen LogP contribution in [0.5, 0.6) is 0 Å². The lowest BCUT2D eigenvalue weighted by atomic mass is 9.82. The third-order valence-electron chi connectivity index (χ3n) is 8.62. The van der Waals surface area contributed by atoms with E-state index in [0.717, 1.165) is 0 Å². The Hall–Kier alpha value is -6.70. The van der Waals surface area contributed by atoms with Gasteiger partial charge in [0.15, 0.2) is 0 Å². The van der Waals surface area contributed by atoms with Gasteiger partial charge in [-0.25, -0.2) is 0 Å². The average molecular weight is 677 g/mol. The van der Waals surface area contributed by atoms with E-state index >= 15 is 0 Å².